The van der Waals surface area contributed by atoms with Crippen LogP contribution in [0.1, 0.15) is 37.4 Å². The van der Waals surface area contributed by atoms with Crippen LogP contribution in [0.4, 0.5) is 0 Å². The third kappa shape index (κ3) is 3.39. The van der Waals surface area contributed by atoms with Crippen LogP contribution in [0, 0.1) is 0 Å². The van der Waals surface area contributed by atoms with Gasteiger partial charge in [-0.25, -0.2) is 0 Å². The minimum atomic E-state index is -0.630. The summed E-state index contributed by atoms with van der Waals surface area (Å²) in [6.07, 6.45) is 3.36. The quantitative estimate of drug-likeness (QED) is 0.890. The highest BCUT2D eigenvalue weighted by molar-refractivity contribution is 5.46. The van der Waals surface area contributed by atoms with E-state index >= 15 is 0 Å². The van der Waals surface area contributed by atoms with Crippen LogP contribution in [0.5, 0.6) is 11.5 Å². The number of methoxy groups -OCH3 is 2. The summed E-state index contributed by atoms with van der Waals surface area (Å²) in [6.45, 7) is 0.792. The van der Waals surface area contributed by atoms with Crippen molar-refractivity contribution in [2.75, 3.05) is 20.8 Å². The average Bonchev–Trinajstić information content (AvgIpc) is 2.47. The molecule has 2 atom stereocenters. The molecule has 4 heteroatoms. The molecule has 2 unspecified atom stereocenters. The van der Waals surface area contributed by atoms with Gasteiger partial charge in [-0.15, -0.1) is 0 Å². The molecule has 0 aliphatic carbocycles. The van der Waals surface area contributed by atoms with E-state index < -0.39 is 6.10 Å². The van der Waals surface area contributed by atoms with Crippen LogP contribution in [0.2, 0.25) is 0 Å². The van der Waals surface area contributed by atoms with Crippen LogP contribution < -0.4 is 9.47 Å². The van der Waals surface area contributed by atoms with Gasteiger partial charge in [-0.3, -0.25) is 0 Å². The monoisotopic (exact) mass is 266 g/mol. The fraction of sp³-hybridized carbons (Fsp3) is 0.600. The molecule has 1 aliphatic heterocycles. The Hall–Kier alpha value is -1.26. The van der Waals surface area contributed by atoms with E-state index in [0.29, 0.717) is 23.5 Å². The average molecular weight is 266 g/mol. The molecule has 1 aliphatic rings. The van der Waals surface area contributed by atoms with Crippen molar-refractivity contribution >= 4 is 0 Å². The topological polar surface area (TPSA) is 47.9 Å². The second kappa shape index (κ2) is 6.78. The number of benzene rings is 1. The van der Waals surface area contributed by atoms with Crippen LogP contribution in [-0.2, 0) is 4.74 Å². The molecular weight excluding hydrogens is 244 g/mol. The molecule has 0 bridgehead atoms. The van der Waals surface area contributed by atoms with Crippen molar-refractivity contribution in [1.82, 2.24) is 0 Å². The molecule has 1 aromatic carbocycles. The van der Waals surface area contributed by atoms with E-state index in [2.05, 4.69) is 0 Å². The molecule has 0 aromatic heterocycles. The fourth-order valence-corrected chi connectivity index (χ4v) is 2.57. The molecule has 2 rings (SSSR count). The van der Waals surface area contributed by atoms with E-state index in [0.717, 1.165) is 19.4 Å². The van der Waals surface area contributed by atoms with E-state index in [1.165, 1.54) is 6.42 Å². The van der Waals surface area contributed by atoms with Gasteiger partial charge < -0.3 is 19.3 Å². The third-order valence-electron chi connectivity index (χ3n) is 3.56. The molecule has 106 valence electrons. The lowest BCUT2D eigenvalue weighted by Crippen LogP contribution is -2.22. The minimum absolute atomic E-state index is 0.123. The first-order valence-corrected chi connectivity index (χ1v) is 6.76. The Morgan fingerprint density at radius 1 is 1.26 bits per heavy atom. The van der Waals surface area contributed by atoms with Crippen molar-refractivity contribution in [3.63, 3.8) is 0 Å². The summed E-state index contributed by atoms with van der Waals surface area (Å²) in [5, 5.41) is 10.5. The fourth-order valence-electron chi connectivity index (χ4n) is 2.57. The molecule has 1 heterocycles. The first-order chi connectivity index (χ1) is 9.26. The van der Waals surface area contributed by atoms with Gasteiger partial charge in [-0.05, 0) is 31.4 Å². The van der Waals surface area contributed by atoms with Gasteiger partial charge in [-0.2, -0.15) is 0 Å². The molecule has 0 radical (unpaired) electrons. The van der Waals surface area contributed by atoms with Gasteiger partial charge in [0, 0.05) is 13.0 Å². The summed E-state index contributed by atoms with van der Waals surface area (Å²) in [5.74, 6) is 1.31. The summed E-state index contributed by atoms with van der Waals surface area (Å²) in [7, 11) is 3.20. The Balaban J connectivity index is 2.14. The zero-order valence-corrected chi connectivity index (χ0v) is 11.6. The summed E-state index contributed by atoms with van der Waals surface area (Å²) in [6, 6.07) is 5.52. The molecule has 1 aromatic rings. The van der Waals surface area contributed by atoms with Crippen LogP contribution in [0.3, 0.4) is 0 Å². The normalized spacial score (nSPS) is 20.9. The van der Waals surface area contributed by atoms with E-state index in [1.54, 1.807) is 14.2 Å². The second-order valence-electron chi connectivity index (χ2n) is 4.82. The SMILES string of the molecule is COc1cccc(OC)c1C(O)CC1CCCCO1. The largest absolute Gasteiger partial charge is 0.496 e. The molecular formula is C15H22O4. The molecule has 4 nitrogen and oxygen atoms in total. The van der Waals surface area contributed by atoms with Crippen molar-refractivity contribution in [2.24, 2.45) is 0 Å². The Morgan fingerprint density at radius 3 is 2.47 bits per heavy atom. The predicted molar refractivity (Wildman–Crippen MR) is 72.7 cm³/mol. The van der Waals surface area contributed by atoms with Crippen molar-refractivity contribution in [3.05, 3.63) is 23.8 Å². The number of aliphatic hydroxyl groups is 1. The summed E-state index contributed by atoms with van der Waals surface area (Å²) in [5.41, 5.74) is 0.710. The lowest BCUT2D eigenvalue weighted by atomic mass is 9.97. The van der Waals surface area contributed by atoms with Crippen LogP contribution in [0.15, 0.2) is 18.2 Å². The Morgan fingerprint density at radius 2 is 1.95 bits per heavy atom. The van der Waals surface area contributed by atoms with Gasteiger partial charge >= 0.3 is 0 Å². The van der Waals surface area contributed by atoms with Crippen molar-refractivity contribution in [2.45, 2.75) is 37.9 Å². The van der Waals surface area contributed by atoms with Gasteiger partial charge in [0.2, 0.25) is 0 Å². The number of hydrogen-bond acceptors (Lipinski definition) is 4. The van der Waals surface area contributed by atoms with E-state index in [1.807, 2.05) is 18.2 Å². The number of rotatable bonds is 5. The summed E-state index contributed by atoms with van der Waals surface area (Å²) >= 11 is 0. The maximum Gasteiger partial charge on any atom is 0.128 e. The highest BCUT2D eigenvalue weighted by Crippen LogP contribution is 2.37. The van der Waals surface area contributed by atoms with Gasteiger partial charge in [0.15, 0.2) is 0 Å². The molecule has 1 N–H and O–H groups in total. The number of ether oxygens (including phenoxy) is 3. The maximum atomic E-state index is 10.5. The summed E-state index contributed by atoms with van der Waals surface area (Å²) < 4.78 is 16.3. The third-order valence-corrected chi connectivity index (χ3v) is 3.56. The van der Waals surface area contributed by atoms with Gasteiger partial charge in [0.1, 0.15) is 11.5 Å². The Kier molecular flexibility index (Phi) is 5.05. The van der Waals surface area contributed by atoms with Crippen molar-refractivity contribution in [1.29, 1.82) is 0 Å². The molecule has 1 fully saturated rings. The zero-order valence-electron chi connectivity index (χ0n) is 11.6. The highest BCUT2D eigenvalue weighted by Gasteiger charge is 2.24. The maximum absolute atomic E-state index is 10.5. The zero-order chi connectivity index (χ0) is 13.7. The molecule has 0 amide bonds. The Labute approximate surface area is 114 Å². The van der Waals surface area contributed by atoms with E-state index in [-0.39, 0.29) is 6.10 Å². The lowest BCUT2D eigenvalue weighted by Gasteiger charge is -2.26. The first-order valence-electron chi connectivity index (χ1n) is 6.76. The second-order valence-corrected chi connectivity index (χ2v) is 4.82. The molecule has 19 heavy (non-hydrogen) atoms. The van der Waals surface area contributed by atoms with Crippen molar-refractivity contribution in [3.8, 4) is 11.5 Å². The van der Waals surface area contributed by atoms with Gasteiger partial charge in [0.25, 0.3) is 0 Å². The summed E-state index contributed by atoms with van der Waals surface area (Å²) in [4.78, 5) is 0. The van der Waals surface area contributed by atoms with Crippen LogP contribution >= 0.6 is 0 Å². The lowest BCUT2D eigenvalue weighted by molar-refractivity contribution is -0.0162. The van der Waals surface area contributed by atoms with E-state index in [4.69, 9.17) is 14.2 Å². The van der Waals surface area contributed by atoms with Gasteiger partial charge in [-0.1, -0.05) is 6.07 Å². The van der Waals surface area contributed by atoms with E-state index in [9.17, 15) is 5.11 Å². The standard InChI is InChI=1S/C15H22O4/c1-17-13-7-5-8-14(18-2)15(13)12(16)10-11-6-3-4-9-19-11/h5,7-8,11-12,16H,3-4,6,9-10H2,1-2H3. The first kappa shape index (κ1) is 14.2. The van der Waals surface area contributed by atoms with Gasteiger partial charge in [0.05, 0.1) is 32.0 Å². The molecule has 1 saturated heterocycles. The minimum Gasteiger partial charge on any atom is -0.496 e. The Bertz CT molecular complexity index is 377. The van der Waals surface area contributed by atoms with Crippen molar-refractivity contribution < 1.29 is 19.3 Å². The predicted octanol–water partition coefficient (Wildman–Crippen LogP) is 2.70. The van der Waals surface area contributed by atoms with Crippen LogP contribution in [0.25, 0.3) is 0 Å². The number of aliphatic hydroxyl groups excluding tert-OH is 1. The highest BCUT2D eigenvalue weighted by atomic mass is 16.5. The molecule has 0 saturated carbocycles. The molecule has 0 spiro atoms. The number of hydrogen-bond donors (Lipinski definition) is 1. The smallest absolute Gasteiger partial charge is 0.128 e. The van der Waals surface area contributed by atoms with Crippen LogP contribution in [-0.4, -0.2) is 32.0 Å².